The first-order valence-corrected chi connectivity index (χ1v) is 9.18. The maximum Gasteiger partial charge on any atom is 0.238 e. The summed E-state index contributed by atoms with van der Waals surface area (Å²) in [6, 6.07) is 10.6. The molecule has 4 rings (SSSR count). The minimum Gasteiger partial charge on any atom is -0.325 e. The zero-order chi connectivity index (χ0) is 18.8. The Labute approximate surface area is 157 Å². The molecule has 3 heterocycles. The third-order valence-electron chi connectivity index (χ3n) is 5.12. The van der Waals surface area contributed by atoms with Gasteiger partial charge in [0.05, 0.1) is 6.54 Å². The van der Waals surface area contributed by atoms with Gasteiger partial charge in [-0.3, -0.25) is 14.1 Å². The predicted molar refractivity (Wildman–Crippen MR) is 101 cm³/mol. The molecule has 0 radical (unpaired) electrons. The second-order valence-electron chi connectivity index (χ2n) is 7.05. The number of carbonyl (C=O) groups excluding carboxylic acids is 1. The summed E-state index contributed by atoms with van der Waals surface area (Å²) in [7, 11) is 0. The monoisotopic (exact) mass is 367 g/mol. The second kappa shape index (κ2) is 7.44. The highest BCUT2D eigenvalue weighted by atomic mass is 19.1. The van der Waals surface area contributed by atoms with Crippen molar-refractivity contribution in [2.75, 3.05) is 25.0 Å². The van der Waals surface area contributed by atoms with Crippen LogP contribution in [0.2, 0.25) is 0 Å². The molecule has 2 aromatic heterocycles. The fraction of sp³-hybridized carbons (Fsp3) is 0.350. The third-order valence-corrected chi connectivity index (χ3v) is 5.12. The van der Waals surface area contributed by atoms with Crippen LogP contribution in [0.5, 0.6) is 0 Å². The van der Waals surface area contributed by atoms with Crippen LogP contribution in [0.1, 0.15) is 30.1 Å². The van der Waals surface area contributed by atoms with Gasteiger partial charge in [-0.25, -0.2) is 4.39 Å². The Bertz CT molecular complexity index is 962. The first-order chi connectivity index (χ1) is 13.1. The van der Waals surface area contributed by atoms with Gasteiger partial charge >= 0.3 is 0 Å². The number of aryl methyl sites for hydroxylation is 1. The van der Waals surface area contributed by atoms with Crippen molar-refractivity contribution in [1.29, 1.82) is 0 Å². The van der Waals surface area contributed by atoms with Gasteiger partial charge in [-0.15, -0.1) is 10.2 Å². The Balaban J connectivity index is 1.32. The molecule has 1 saturated heterocycles. The Hall–Kier alpha value is -2.80. The first-order valence-electron chi connectivity index (χ1n) is 9.18. The lowest BCUT2D eigenvalue weighted by atomic mass is 9.96. The highest BCUT2D eigenvalue weighted by molar-refractivity contribution is 5.92. The molecule has 6 nitrogen and oxygen atoms in total. The van der Waals surface area contributed by atoms with Crippen LogP contribution in [-0.4, -0.2) is 45.0 Å². The van der Waals surface area contributed by atoms with E-state index >= 15 is 0 Å². The van der Waals surface area contributed by atoms with Crippen LogP contribution in [0.15, 0.2) is 42.6 Å². The highest BCUT2D eigenvalue weighted by Crippen LogP contribution is 2.27. The zero-order valence-corrected chi connectivity index (χ0v) is 15.2. The quantitative estimate of drug-likeness (QED) is 0.770. The van der Waals surface area contributed by atoms with Crippen molar-refractivity contribution in [1.82, 2.24) is 19.5 Å². The van der Waals surface area contributed by atoms with E-state index in [1.165, 1.54) is 6.07 Å². The molecule has 1 N–H and O–H groups in total. The average Bonchev–Trinajstić information content (AvgIpc) is 3.09. The lowest BCUT2D eigenvalue weighted by molar-refractivity contribution is -0.117. The van der Waals surface area contributed by atoms with Crippen LogP contribution in [0, 0.1) is 12.7 Å². The summed E-state index contributed by atoms with van der Waals surface area (Å²) < 4.78 is 15.6. The van der Waals surface area contributed by atoms with Crippen molar-refractivity contribution < 1.29 is 9.18 Å². The number of hydrogen-bond donors (Lipinski definition) is 1. The fourth-order valence-electron chi connectivity index (χ4n) is 3.56. The van der Waals surface area contributed by atoms with Crippen molar-refractivity contribution in [3.8, 4) is 0 Å². The average molecular weight is 367 g/mol. The number of fused-ring (bicyclic) bond motifs is 1. The minimum atomic E-state index is -0.311. The number of halogens is 1. The van der Waals surface area contributed by atoms with E-state index in [0.717, 1.165) is 37.4 Å². The third kappa shape index (κ3) is 3.83. The molecule has 0 aliphatic carbocycles. The molecule has 1 amide bonds. The van der Waals surface area contributed by atoms with E-state index in [2.05, 4.69) is 20.4 Å². The number of anilines is 1. The maximum absolute atomic E-state index is 13.6. The minimum absolute atomic E-state index is 0.121. The summed E-state index contributed by atoms with van der Waals surface area (Å²) in [6.07, 6.45) is 3.86. The van der Waals surface area contributed by atoms with E-state index < -0.39 is 0 Å². The fourth-order valence-corrected chi connectivity index (χ4v) is 3.56. The van der Waals surface area contributed by atoms with E-state index in [9.17, 15) is 9.18 Å². The predicted octanol–water partition coefficient (Wildman–Crippen LogP) is 2.99. The highest BCUT2D eigenvalue weighted by Gasteiger charge is 2.25. The van der Waals surface area contributed by atoms with Gasteiger partial charge in [0.2, 0.25) is 5.91 Å². The number of pyridine rings is 1. The topological polar surface area (TPSA) is 62.5 Å². The zero-order valence-electron chi connectivity index (χ0n) is 15.2. The SMILES string of the molecule is Cc1ccc(NC(=O)CN2CCC(c3nnc4ccccn34)CC2)cc1F. The molecule has 0 atom stereocenters. The Morgan fingerprint density at radius 2 is 2.04 bits per heavy atom. The van der Waals surface area contributed by atoms with Crippen molar-refractivity contribution >= 4 is 17.2 Å². The van der Waals surface area contributed by atoms with Crippen molar-refractivity contribution in [3.05, 3.63) is 59.8 Å². The summed E-state index contributed by atoms with van der Waals surface area (Å²) in [6.45, 7) is 3.65. The molecule has 1 aliphatic heterocycles. The molecule has 0 unspecified atom stereocenters. The van der Waals surface area contributed by atoms with E-state index in [4.69, 9.17) is 0 Å². The van der Waals surface area contributed by atoms with Gasteiger partial charge in [0.1, 0.15) is 11.6 Å². The second-order valence-corrected chi connectivity index (χ2v) is 7.05. The number of nitrogens with zero attached hydrogens (tertiary/aromatic N) is 4. The van der Waals surface area contributed by atoms with Crippen LogP contribution in [-0.2, 0) is 4.79 Å². The number of aromatic nitrogens is 3. The van der Waals surface area contributed by atoms with Crippen molar-refractivity contribution in [2.24, 2.45) is 0 Å². The number of amides is 1. The number of hydrogen-bond acceptors (Lipinski definition) is 4. The Kier molecular flexibility index (Phi) is 4.85. The van der Waals surface area contributed by atoms with E-state index in [0.29, 0.717) is 23.7 Å². The summed E-state index contributed by atoms with van der Waals surface area (Å²) in [5, 5.41) is 11.4. The van der Waals surface area contributed by atoms with E-state index in [-0.39, 0.29) is 11.7 Å². The normalized spacial score (nSPS) is 15.9. The van der Waals surface area contributed by atoms with Crippen molar-refractivity contribution in [2.45, 2.75) is 25.7 Å². The standard InChI is InChI=1S/C20H22FN5O/c1-14-5-6-16(12-17(14)21)22-19(27)13-25-10-7-15(8-11-25)20-24-23-18-4-2-3-9-26(18)20/h2-6,9,12,15H,7-8,10-11,13H2,1H3,(H,22,27). The molecule has 0 saturated carbocycles. The molecule has 140 valence electrons. The number of rotatable bonds is 4. The number of nitrogens with one attached hydrogen (secondary N) is 1. The maximum atomic E-state index is 13.6. The van der Waals surface area contributed by atoms with Crippen LogP contribution < -0.4 is 5.32 Å². The van der Waals surface area contributed by atoms with Gasteiger partial charge in [0.25, 0.3) is 0 Å². The van der Waals surface area contributed by atoms with Gasteiger partial charge in [-0.05, 0) is 62.7 Å². The molecule has 3 aromatic rings. The molecule has 1 aromatic carbocycles. The Morgan fingerprint density at radius 3 is 2.81 bits per heavy atom. The number of carbonyl (C=O) groups is 1. The smallest absolute Gasteiger partial charge is 0.238 e. The number of benzene rings is 1. The van der Waals surface area contributed by atoms with E-state index in [1.807, 2.05) is 28.8 Å². The molecule has 27 heavy (non-hydrogen) atoms. The largest absolute Gasteiger partial charge is 0.325 e. The molecular formula is C20H22FN5O. The molecule has 7 heteroatoms. The first kappa shape index (κ1) is 17.6. The van der Waals surface area contributed by atoms with Crippen LogP contribution in [0.25, 0.3) is 5.65 Å². The summed E-state index contributed by atoms with van der Waals surface area (Å²) in [5.74, 6) is 0.900. The summed E-state index contributed by atoms with van der Waals surface area (Å²) in [4.78, 5) is 14.4. The molecular weight excluding hydrogens is 345 g/mol. The van der Waals surface area contributed by atoms with Crippen LogP contribution in [0.4, 0.5) is 10.1 Å². The molecule has 0 bridgehead atoms. The van der Waals surface area contributed by atoms with Crippen LogP contribution in [0.3, 0.4) is 0 Å². The van der Waals surface area contributed by atoms with Crippen LogP contribution >= 0.6 is 0 Å². The van der Waals surface area contributed by atoms with Crippen molar-refractivity contribution in [3.63, 3.8) is 0 Å². The molecule has 1 fully saturated rings. The lowest BCUT2D eigenvalue weighted by Crippen LogP contribution is -2.39. The number of likely N-dealkylation sites (tertiary alicyclic amines) is 1. The molecule has 1 aliphatic rings. The summed E-state index contributed by atoms with van der Waals surface area (Å²) in [5.41, 5.74) is 1.92. The summed E-state index contributed by atoms with van der Waals surface area (Å²) >= 11 is 0. The van der Waals surface area contributed by atoms with Gasteiger partial charge in [-0.2, -0.15) is 0 Å². The van der Waals surface area contributed by atoms with Gasteiger partial charge in [0, 0.05) is 17.8 Å². The van der Waals surface area contributed by atoms with Gasteiger partial charge < -0.3 is 5.32 Å². The van der Waals surface area contributed by atoms with E-state index in [1.54, 1.807) is 19.1 Å². The molecule has 0 spiro atoms. The van der Waals surface area contributed by atoms with Gasteiger partial charge in [-0.1, -0.05) is 12.1 Å². The number of piperidine rings is 1. The lowest BCUT2D eigenvalue weighted by Gasteiger charge is -2.30. The van der Waals surface area contributed by atoms with Gasteiger partial charge in [0.15, 0.2) is 5.65 Å². The Morgan fingerprint density at radius 1 is 1.22 bits per heavy atom.